The number of nitrogens with zero attached hydrogens (tertiary/aromatic N) is 2. The van der Waals surface area contributed by atoms with Crippen molar-refractivity contribution in [1.29, 1.82) is 0 Å². The van der Waals surface area contributed by atoms with Gasteiger partial charge in [0.05, 0.1) is 18.2 Å². The van der Waals surface area contributed by atoms with Crippen LogP contribution in [0, 0.1) is 0 Å². The lowest BCUT2D eigenvalue weighted by molar-refractivity contribution is -0.142. The maximum atomic E-state index is 12.8. The molecule has 37 heavy (non-hydrogen) atoms. The molecule has 0 aromatic heterocycles. The van der Waals surface area contributed by atoms with Crippen molar-refractivity contribution in [1.82, 2.24) is 4.90 Å². The van der Waals surface area contributed by atoms with E-state index in [0.717, 1.165) is 68.1 Å². The summed E-state index contributed by atoms with van der Waals surface area (Å²) in [4.78, 5) is 29.1. The topological polar surface area (TPSA) is 70.1 Å². The number of carbonyl (C=O) groups excluding carboxylic acids is 1. The van der Waals surface area contributed by atoms with Gasteiger partial charge in [0.1, 0.15) is 5.75 Å². The van der Waals surface area contributed by atoms with Crippen LogP contribution < -0.4 is 9.64 Å². The SMILES string of the molecule is CN1CC=CCCCCN2C[C@@]3(CCCc4cc(Cl)ccc43)COc3ccc(cc32)C(C(=O)O)CC1=O. The molecule has 0 radical (unpaired) electrons. The number of carboxylic acid groups (broad SMARTS) is 1. The van der Waals surface area contributed by atoms with Crippen molar-refractivity contribution >= 4 is 29.2 Å². The minimum absolute atomic E-state index is 0.0720. The molecule has 6 nitrogen and oxygen atoms in total. The highest BCUT2D eigenvalue weighted by molar-refractivity contribution is 6.30. The number of likely N-dealkylation sites (N-methyl/N-ethyl adjacent to an activating group) is 1. The fourth-order valence-corrected chi connectivity index (χ4v) is 6.27. The van der Waals surface area contributed by atoms with Crippen molar-refractivity contribution in [2.45, 2.75) is 56.3 Å². The number of ether oxygens (including phenoxy) is 1. The zero-order chi connectivity index (χ0) is 26.0. The van der Waals surface area contributed by atoms with Crippen molar-refractivity contribution in [3.8, 4) is 5.75 Å². The van der Waals surface area contributed by atoms with Crippen molar-refractivity contribution in [2.24, 2.45) is 0 Å². The fourth-order valence-electron chi connectivity index (χ4n) is 6.08. The average molecular weight is 523 g/mol. The van der Waals surface area contributed by atoms with E-state index in [1.807, 2.05) is 30.3 Å². The van der Waals surface area contributed by atoms with E-state index in [0.29, 0.717) is 18.7 Å². The molecule has 2 heterocycles. The third-order valence-corrected chi connectivity index (χ3v) is 8.40. The molecule has 1 amide bonds. The zero-order valence-electron chi connectivity index (χ0n) is 21.4. The number of anilines is 1. The van der Waals surface area contributed by atoms with Gasteiger partial charge in [0.15, 0.2) is 0 Å². The molecule has 196 valence electrons. The third kappa shape index (κ3) is 5.35. The quantitative estimate of drug-likeness (QED) is 0.496. The molecule has 0 fully saturated rings. The highest BCUT2D eigenvalue weighted by Crippen LogP contribution is 2.45. The Bertz CT molecular complexity index is 1210. The lowest BCUT2D eigenvalue weighted by Gasteiger charge is -2.41. The predicted octanol–water partition coefficient (Wildman–Crippen LogP) is 5.57. The Morgan fingerprint density at radius 1 is 1.14 bits per heavy atom. The minimum Gasteiger partial charge on any atom is -0.490 e. The fraction of sp³-hybridized carbons (Fsp3) is 0.467. The van der Waals surface area contributed by atoms with Crippen LogP contribution in [-0.2, 0) is 21.4 Å². The molecule has 2 aromatic carbocycles. The molecule has 2 aromatic rings. The van der Waals surface area contributed by atoms with E-state index in [-0.39, 0.29) is 17.7 Å². The van der Waals surface area contributed by atoms with Gasteiger partial charge in [-0.05, 0) is 79.5 Å². The van der Waals surface area contributed by atoms with Crippen LogP contribution in [0.4, 0.5) is 5.69 Å². The number of carboxylic acids is 1. The Morgan fingerprint density at radius 2 is 2.00 bits per heavy atom. The Kier molecular flexibility index (Phi) is 7.47. The summed E-state index contributed by atoms with van der Waals surface area (Å²) in [6.07, 6.45) is 10.2. The number of allylic oxidation sites excluding steroid dienone is 1. The molecule has 1 spiro atoms. The Balaban J connectivity index is 1.55. The van der Waals surface area contributed by atoms with Gasteiger partial charge in [-0.25, -0.2) is 0 Å². The number of hydrogen-bond acceptors (Lipinski definition) is 4. The number of hydrogen-bond donors (Lipinski definition) is 1. The van der Waals surface area contributed by atoms with E-state index >= 15 is 0 Å². The largest absolute Gasteiger partial charge is 0.490 e. The molecule has 0 saturated carbocycles. The monoisotopic (exact) mass is 522 g/mol. The first-order chi connectivity index (χ1) is 17.9. The highest BCUT2D eigenvalue weighted by atomic mass is 35.5. The van der Waals surface area contributed by atoms with Crippen LogP contribution in [0.5, 0.6) is 5.75 Å². The van der Waals surface area contributed by atoms with Gasteiger partial charge in [-0.3, -0.25) is 9.59 Å². The Labute approximate surface area is 223 Å². The van der Waals surface area contributed by atoms with Crippen LogP contribution in [0.2, 0.25) is 5.02 Å². The second-order valence-corrected chi connectivity index (χ2v) is 11.1. The van der Waals surface area contributed by atoms with E-state index in [1.54, 1.807) is 11.9 Å². The van der Waals surface area contributed by atoms with E-state index < -0.39 is 11.9 Å². The van der Waals surface area contributed by atoms with Crippen LogP contribution in [0.3, 0.4) is 0 Å². The average Bonchev–Trinajstić information content (AvgIpc) is 3.03. The number of aliphatic carboxylic acids is 1. The van der Waals surface area contributed by atoms with E-state index in [9.17, 15) is 14.7 Å². The third-order valence-electron chi connectivity index (χ3n) is 8.16. The van der Waals surface area contributed by atoms with Gasteiger partial charge in [0.25, 0.3) is 0 Å². The van der Waals surface area contributed by atoms with Gasteiger partial charge < -0.3 is 19.6 Å². The minimum atomic E-state index is -0.989. The van der Waals surface area contributed by atoms with Crippen LogP contribution >= 0.6 is 11.6 Å². The highest BCUT2D eigenvalue weighted by Gasteiger charge is 2.42. The Hall–Kier alpha value is -2.99. The Morgan fingerprint density at radius 3 is 2.84 bits per heavy atom. The summed E-state index contributed by atoms with van der Waals surface area (Å²) < 4.78 is 6.50. The van der Waals surface area contributed by atoms with E-state index in [4.69, 9.17) is 16.3 Å². The molecule has 2 bridgehead atoms. The molecule has 1 N–H and O–H groups in total. The number of fused-ring (bicyclic) bond motifs is 3. The number of rotatable bonds is 1. The number of halogens is 1. The van der Waals surface area contributed by atoms with Crippen molar-refractivity contribution < 1.29 is 19.4 Å². The summed E-state index contributed by atoms with van der Waals surface area (Å²) in [7, 11) is 1.73. The molecule has 3 aliphatic rings. The van der Waals surface area contributed by atoms with Crippen LogP contribution in [-0.4, -0.2) is 55.2 Å². The van der Waals surface area contributed by atoms with Gasteiger partial charge in [0.2, 0.25) is 5.91 Å². The number of aryl methyl sites for hydroxylation is 1. The van der Waals surface area contributed by atoms with Crippen molar-refractivity contribution in [3.05, 3.63) is 70.3 Å². The summed E-state index contributed by atoms with van der Waals surface area (Å²) in [5.41, 5.74) is 4.01. The number of carbonyl (C=O) groups is 2. The number of benzene rings is 2. The lowest BCUT2D eigenvalue weighted by atomic mass is 9.70. The van der Waals surface area contributed by atoms with Crippen LogP contribution in [0.1, 0.15) is 61.1 Å². The molecular formula is C30H35ClN2O4. The van der Waals surface area contributed by atoms with Gasteiger partial charge in [-0.1, -0.05) is 35.9 Å². The van der Waals surface area contributed by atoms with Crippen LogP contribution in [0.15, 0.2) is 48.6 Å². The summed E-state index contributed by atoms with van der Waals surface area (Å²) in [6, 6.07) is 11.9. The van der Waals surface area contributed by atoms with E-state index in [1.165, 1.54) is 11.1 Å². The summed E-state index contributed by atoms with van der Waals surface area (Å²) in [6.45, 7) is 2.71. The summed E-state index contributed by atoms with van der Waals surface area (Å²) >= 11 is 6.35. The van der Waals surface area contributed by atoms with Gasteiger partial charge in [-0.15, -0.1) is 0 Å². The first kappa shape index (κ1) is 25.7. The molecule has 0 saturated heterocycles. The first-order valence-corrected chi connectivity index (χ1v) is 13.7. The smallest absolute Gasteiger partial charge is 0.311 e. The molecular weight excluding hydrogens is 488 g/mol. The molecule has 5 rings (SSSR count). The molecule has 2 atom stereocenters. The van der Waals surface area contributed by atoms with Gasteiger partial charge in [0, 0.05) is 43.5 Å². The van der Waals surface area contributed by atoms with Gasteiger partial charge >= 0.3 is 5.97 Å². The summed E-state index contributed by atoms with van der Waals surface area (Å²) in [5.74, 6) is -1.30. The molecule has 1 unspecified atom stereocenters. The lowest BCUT2D eigenvalue weighted by Crippen LogP contribution is -2.46. The van der Waals surface area contributed by atoms with Crippen molar-refractivity contribution in [2.75, 3.05) is 38.2 Å². The van der Waals surface area contributed by atoms with E-state index in [2.05, 4.69) is 23.1 Å². The maximum Gasteiger partial charge on any atom is 0.311 e. The first-order valence-electron chi connectivity index (χ1n) is 13.3. The molecule has 7 heteroatoms. The second kappa shape index (κ2) is 10.8. The van der Waals surface area contributed by atoms with Crippen LogP contribution in [0.25, 0.3) is 0 Å². The molecule has 1 aliphatic carbocycles. The standard InChI is InChI=1S/C30H35ClN2O4/c1-32-14-5-3-2-4-6-15-33-19-30(13-7-8-22-16-23(31)10-11-25(22)30)20-37-27-12-9-21(17-26(27)33)24(29(35)36)18-28(32)34/h3,5,9-12,16-17,24H,2,4,6-8,13-15,18-20H2,1H3,(H,35,36)/t24?,30-/m0/s1. The number of amides is 1. The normalized spacial score (nSPS) is 24.5. The van der Waals surface area contributed by atoms with Gasteiger partial charge in [-0.2, -0.15) is 0 Å². The predicted molar refractivity (Wildman–Crippen MR) is 146 cm³/mol. The zero-order valence-corrected chi connectivity index (χ0v) is 22.2. The van der Waals surface area contributed by atoms with Crippen molar-refractivity contribution in [3.63, 3.8) is 0 Å². The maximum absolute atomic E-state index is 12.8. The second-order valence-electron chi connectivity index (χ2n) is 10.7. The summed E-state index contributed by atoms with van der Waals surface area (Å²) in [5, 5.41) is 10.8. The molecule has 2 aliphatic heterocycles.